The van der Waals surface area contributed by atoms with E-state index in [1.54, 1.807) is 0 Å². The smallest absolute Gasteiger partial charge is 0.363 e. The second-order valence-corrected chi connectivity index (χ2v) is 4.85. The standard InChI is InChI=1S/C17H10F3NO3/c1-23-15-5-3-11(18)6-10(15)8-14-17(22)24-16(21-14)9-2-4-12(19)13(20)7-9/h2-8H,1H3/b14-8+. The molecule has 0 amide bonds. The van der Waals surface area contributed by atoms with Gasteiger partial charge in [-0.25, -0.2) is 23.0 Å². The highest BCUT2D eigenvalue weighted by molar-refractivity contribution is 6.12. The van der Waals surface area contributed by atoms with Gasteiger partial charge in [-0.15, -0.1) is 0 Å². The molecule has 24 heavy (non-hydrogen) atoms. The topological polar surface area (TPSA) is 47.9 Å². The average Bonchev–Trinajstić information content (AvgIpc) is 2.91. The summed E-state index contributed by atoms with van der Waals surface area (Å²) in [6.45, 7) is 0. The molecule has 0 fully saturated rings. The van der Waals surface area contributed by atoms with Crippen molar-refractivity contribution in [3.63, 3.8) is 0 Å². The van der Waals surface area contributed by atoms with E-state index in [4.69, 9.17) is 9.47 Å². The first-order valence-corrected chi connectivity index (χ1v) is 6.79. The third-order valence-corrected chi connectivity index (χ3v) is 3.27. The molecule has 0 aliphatic carbocycles. The minimum absolute atomic E-state index is 0.108. The number of nitrogens with zero attached hydrogens (tertiary/aromatic N) is 1. The summed E-state index contributed by atoms with van der Waals surface area (Å²) in [6, 6.07) is 6.79. The number of cyclic esters (lactones) is 1. The minimum atomic E-state index is -1.09. The van der Waals surface area contributed by atoms with Crippen molar-refractivity contribution in [3.05, 3.63) is 70.7 Å². The summed E-state index contributed by atoms with van der Waals surface area (Å²) in [5.41, 5.74) is 0.287. The molecule has 2 aromatic carbocycles. The molecule has 1 heterocycles. The lowest BCUT2D eigenvalue weighted by atomic mass is 10.1. The molecular formula is C17H10F3NO3. The summed E-state index contributed by atoms with van der Waals surface area (Å²) in [4.78, 5) is 15.8. The molecule has 0 N–H and O–H groups in total. The predicted octanol–water partition coefficient (Wildman–Crippen LogP) is 3.46. The van der Waals surface area contributed by atoms with Gasteiger partial charge in [0.1, 0.15) is 11.6 Å². The number of hydrogen-bond acceptors (Lipinski definition) is 4. The van der Waals surface area contributed by atoms with Crippen LogP contribution >= 0.6 is 0 Å². The molecule has 1 aliphatic rings. The molecule has 0 saturated carbocycles. The van der Waals surface area contributed by atoms with Crippen LogP contribution in [-0.2, 0) is 9.53 Å². The maximum absolute atomic E-state index is 13.4. The highest BCUT2D eigenvalue weighted by atomic mass is 19.2. The van der Waals surface area contributed by atoms with Crippen molar-refractivity contribution >= 4 is 17.9 Å². The molecule has 0 unspecified atom stereocenters. The summed E-state index contributed by atoms with van der Waals surface area (Å²) in [5, 5.41) is 0. The van der Waals surface area contributed by atoms with E-state index >= 15 is 0 Å². The number of rotatable bonds is 3. The zero-order chi connectivity index (χ0) is 17.3. The van der Waals surface area contributed by atoms with Crippen LogP contribution in [0.2, 0.25) is 0 Å². The van der Waals surface area contributed by atoms with Crippen molar-refractivity contribution in [1.82, 2.24) is 0 Å². The summed E-state index contributed by atoms with van der Waals surface area (Å²) in [6.07, 6.45) is 1.29. The first-order chi connectivity index (χ1) is 11.5. The van der Waals surface area contributed by atoms with Crippen LogP contribution < -0.4 is 4.74 Å². The Kier molecular flexibility index (Phi) is 4.07. The maximum atomic E-state index is 13.4. The van der Waals surface area contributed by atoms with Gasteiger partial charge >= 0.3 is 5.97 Å². The lowest BCUT2D eigenvalue weighted by molar-refractivity contribution is -0.129. The number of ether oxygens (including phenoxy) is 2. The van der Waals surface area contributed by atoms with E-state index in [-0.39, 0.29) is 17.2 Å². The van der Waals surface area contributed by atoms with Crippen molar-refractivity contribution in [2.45, 2.75) is 0 Å². The molecular weight excluding hydrogens is 323 g/mol. The Hall–Kier alpha value is -3.09. The summed E-state index contributed by atoms with van der Waals surface area (Å²) in [7, 11) is 1.40. The van der Waals surface area contributed by atoms with Gasteiger partial charge in [-0.1, -0.05) is 0 Å². The fourth-order valence-corrected chi connectivity index (χ4v) is 2.13. The Morgan fingerprint density at radius 3 is 2.58 bits per heavy atom. The summed E-state index contributed by atoms with van der Waals surface area (Å²) >= 11 is 0. The number of carbonyl (C=O) groups is 1. The largest absolute Gasteiger partial charge is 0.496 e. The van der Waals surface area contributed by atoms with Crippen molar-refractivity contribution in [2.75, 3.05) is 7.11 Å². The molecule has 2 aromatic rings. The number of carbonyl (C=O) groups excluding carboxylic acids is 1. The summed E-state index contributed by atoms with van der Waals surface area (Å²) in [5.74, 6) is -3.24. The van der Waals surface area contributed by atoms with Crippen molar-refractivity contribution in [3.8, 4) is 5.75 Å². The molecule has 0 spiro atoms. The molecule has 0 atom stereocenters. The van der Waals surface area contributed by atoms with E-state index in [0.717, 1.165) is 12.1 Å². The van der Waals surface area contributed by atoms with Crippen LogP contribution in [0.3, 0.4) is 0 Å². The lowest BCUT2D eigenvalue weighted by Crippen LogP contribution is -2.06. The van der Waals surface area contributed by atoms with Crippen LogP contribution in [0.25, 0.3) is 6.08 Å². The van der Waals surface area contributed by atoms with E-state index in [9.17, 15) is 18.0 Å². The van der Waals surface area contributed by atoms with Gasteiger partial charge in [0.05, 0.1) is 7.11 Å². The SMILES string of the molecule is COc1ccc(F)cc1/C=C1/N=C(c2ccc(F)c(F)c2)OC1=O. The van der Waals surface area contributed by atoms with Crippen LogP contribution in [0.1, 0.15) is 11.1 Å². The van der Waals surface area contributed by atoms with Gasteiger partial charge in [-0.2, -0.15) is 0 Å². The number of aliphatic imine (C=N–C) groups is 1. The Morgan fingerprint density at radius 2 is 1.88 bits per heavy atom. The van der Waals surface area contributed by atoms with Gasteiger partial charge in [0.2, 0.25) is 5.90 Å². The van der Waals surface area contributed by atoms with E-state index in [1.165, 1.54) is 37.5 Å². The molecule has 1 aliphatic heterocycles. The quantitative estimate of drug-likeness (QED) is 0.638. The molecule has 4 nitrogen and oxygen atoms in total. The number of halogens is 3. The second kappa shape index (κ2) is 6.19. The van der Waals surface area contributed by atoms with Crippen molar-refractivity contribution in [1.29, 1.82) is 0 Å². The minimum Gasteiger partial charge on any atom is -0.496 e. The number of hydrogen-bond donors (Lipinski definition) is 0. The van der Waals surface area contributed by atoms with Crippen molar-refractivity contribution < 1.29 is 27.4 Å². The van der Waals surface area contributed by atoms with Gasteiger partial charge in [-0.05, 0) is 42.5 Å². The monoisotopic (exact) mass is 333 g/mol. The van der Waals surface area contributed by atoms with E-state index in [2.05, 4.69) is 4.99 Å². The van der Waals surface area contributed by atoms with E-state index < -0.39 is 23.4 Å². The van der Waals surface area contributed by atoms with Gasteiger partial charge < -0.3 is 9.47 Å². The van der Waals surface area contributed by atoms with Gasteiger partial charge in [-0.3, -0.25) is 0 Å². The summed E-state index contributed by atoms with van der Waals surface area (Å²) < 4.78 is 49.6. The third-order valence-electron chi connectivity index (χ3n) is 3.27. The Labute approximate surface area is 134 Å². The Bertz CT molecular complexity index is 891. The van der Waals surface area contributed by atoms with Gasteiger partial charge in [0.15, 0.2) is 17.3 Å². The highest BCUT2D eigenvalue weighted by Crippen LogP contribution is 2.25. The van der Waals surface area contributed by atoms with Crippen LogP contribution in [0.5, 0.6) is 5.75 Å². The van der Waals surface area contributed by atoms with E-state index in [0.29, 0.717) is 11.3 Å². The molecule has 0 saturated heterocycles. The van der Waals surface area contributed by atoms with E-state index in [1.807, 2.05) is 0 Å². The van der Waals surface area contributed by atoms with Crippen LogP contribution in [-0.4, -0.2) is 19.0 Å². The molecule has 3 rings (SSSR count). The first kappa shape index (κ1) is 15.8. The van der Waals surface area contributed by atoms with Gasteiger partial charge in [0.25, 0.3) is 0 Å². The van der Waals surface area contributed by atoms with Crippen molar-refractivity contribution in [2.24, 2.45) is 4.99 Å². The zero-order valence-corrected chi connectivity index (χ0v) is 12.3. The average molecular weight is 333 g/mol. The molecule has 7 heteroatoms. The van der Waals surface area contributed by atoms with Crippen LogP contribution in [0, 0.1) is 17.5 Å². The first-order valence-electron chi connectivity index (χ1n) is 6.79. The zero-order valence-electron chi connectivity index (χ0n) is 12.3. The maximum Gasteiger partial charge on any atom is 0.363 e. The normalized spacial score (nSPS) is 15.4. The molecule has 0 radical (unpaired) electrons. The highest BCUT2D eigenvalue weighted by Gasteiger charge is 2.25. The Morgan fingerprint density at radius 1 is 1.08 bits per heavy atom. The molecule has 0 bridgehead atoms. The third kappa shape index (κ3) is 3.01. The number of benzene rings is 2. The Balaban J connectivity index is 2.00. The molecule has 0 aromatic heterocycles. The second-order valence-electron chi connectivity index (χ2n) is 4.85. The number of methoxy groups -OCH3 is 1. The van der Waals surface area contributed by atoms with Crippen LogP contribution in [0.4, 0.5) is 13.2 Å². The van der Waals surface area contributed by atoms with Crippen LogP contribution in [0.15, 0.2) is 47.1 Å². The van der Waals surface area contributed by atoms with Gasteiger partial charge in [0, 0.05) is 11.1 Å². The predicted molar refractivity (Wildman–Crippen MR) is 79.9 cm³/mol. The molecule has 122 valence electrons. The fraction of sp³-hybridized carbons (Fsp3) is 0.0588. The lowest BCUT2D eigenvalue weighted by Gasteiger charge is -2.04. The number of esters is 1. The fourth-order valence-electron chi connectivity index (χ4n) is 2.13.